The van der Waals surface area contributed by atoms with Crippen LogP contribution in [-0.2, 0) is 0 Å². The Bertz CT molecular complexity index is 559. The Morgan fingerprint density at radius 2 is 1.74 bits per heavy atom. The van der Waals surface area contributed by atoms with Gasteiger partial charge in [0, 0.05) is 20.3 Å². The van der Waals surface area contributed by atoms with Crippen LogP contribution in [0.15, 0.2) is 77.5 Å². The van der Waals surface area contributed by atoms with Crippen LogP contribution in [0.1, 0.15) is 60.3 Å². The zero-order valence-electron chi connectivity index (χ0n) is 18.8. The van der Waals surface area contributed by atoms with E-state index in [-0.39, 0.29) is 5.41 Å². The van der Waals surface area contributed by atoms with Crippen molar-refractivity contribution in [3.63, 3.8) is 0 Å². The van der Waals surface area contributed by atoms with Gasteiger partial charge in [0.05, 0.1) is 5.41 Å². The molecule has 1 atom stereocenters. The minimum atomic E-state index is -0.128. The fourth-order valence-corrected chi connectivity index (χ4v) is 2.78. The maximum atomic E-state index is 4.40. The highest BCUT2D eigenvalue weighted by atomic mass is 14.8. The van der Waals surface area contributed by atoms with Crippen molar-refractivity contribution in [1.82, 2.24) is 5.32 Å². The van der Waals surface area contributed by atoms with Crippen molar-refractivity contribution >= 4 is 6.21 Å². The van der Waals surface area contributed by atoms with Gasteiger partial charge in [-0.25, -0.2) is 0 Å². The van der Waals surface area contributed by atoms with Crippen LogP contribution in [0, 0.1) is 5.41 Å². The normalized spacial score (nSPS) is 14.9. The van der Waals surface area contributed by atoms with Crippen LogP contribution >= 0.6 is 0 Å². The summed E-state index contributed by atoms with van der Waals surface area (Å²) in [5.41, 5.74) is 3.58. The highest BCUT2D eigenvalue weighted by molar-refractivity contribution is 5.77. The summed E-state index contributed by atoms with van der Waals surface area (Å²) in [7, 11) is 3.71. The van der Waals surface area contributed by atoms with Crippen molar-refractivity contribution in [2.24, 2.45) is 10.4 Å². The summed E-state index contributed by atoms with van der Waals surface area (Å²) in [4.78, 5) is 4.40. The van der Waals surface area contributed by atoms with Gasteiger partial charge in [0.15, 0.2) is 0 Å². The van der Waals surface area contributed by atoms with Crippen molar-refractivity contribution in [3.05, 3.63) is 72.5 Å². The van der Waals surface area contributed by atoms with Crippen molar-refractivity contribution in [2.75, 3.05) is 14.1 Å². The molecule has 0 amide bonds. The molecule has 152 valence electrons. The number of allylic oxidation sites excluding steroid dienone is 10. The van der Waals surface area contributed by atoms with Gasteiger partial charge in [0.25, 0.3) is 0 Å². The molecular formula is C25H42N2. The first-order chi connectivity index (χ1) is 12.9. The van der Waals surface area contributed by atoms with Gasteiger partial charge in [0.1, 0.15) is 0 Å². The molecule has 1 N–H and O–H groups in total. The first kappa shape index (κ1) is 27.1. The summed E-state index contributed by atoms with van der Waals surface area (Å²) >= 11 is 0. The molecule has 0 aliphatic carbocycles. The first-order valence-electron chi connectivity index (χ1n) is 10.1. The monoisotopic (exact) mass is 370 g/mol. The number of hydrogen-bond acceptors (Lipinski definition) is 2. The van der Waals surface area contributed by atoms with Crippen LogP contribution in [0.2, 0.25) is 0 Å². The molecular weight excluding hydrogens is 328 g/mol. The van der Waals surface area contributed by atoms with Gasteiger partial charge >= 0.3 is 0 Å². The van der Waals surface area contributed by atoms with E-state index in [0.717, 1.165) is 31.4 Å². The van der Waals surface area contributed by atoms with Gasteiger partial charge < -0.3 is 5.32 Å². The standard InChI is InChI=1S/C21H33N.C4H9N/c1-7-12-14-17-19(10-4)21(11-5,18-22-6)20(15-9-3)16-13-8-2;1-4(2)5-3/h8,12-18H,2,7,9-11H2,1,3-6H3;5H,1H2,2-3H3/b14-12-,16-13-,19-17+,20-15+,22-18?;. The highest BCUT2D eigenvalue weighted by Crippen LogP contribution is 2.40. The zero-order chi connectivity index (χ0) is 21.1. The average Bonchev–Trinajstić information content (AvgIpc) is 2.67. The molecule has 0 heterocycles. The molecule has 0 aromatic heterocycles. The summed E-state index contributed by atoms with van der Waals surface area (Å²) in [5, 5.41) is 2.83. The van der Waals surface area contributed by atoms with Crippen LogP contribution in [-0.4, -0.2) is 20.3 Å². The molecule has 1 unspecified atom stereocenters. The van der Waals surface area contributed by atoms with Crippen LogP contribution < -0.4 is 5.32 Å². The molecule has 0 aromatic carbocycles. The Labute approximate surface area is 169 Å². The second-order valence-corrected chi connectivity index (χ2v) is 6.29. The number of hydrogen-bond donors (Lipinski definition) is 1. The molecule has 0 rings (SSSR count). The Balaban J connectivity index is 0. The number of nitrogens with one attached hydrogen (secondary N) is 1. The average molecular weight is 371 g/mol. The summed E-state index contributed by atoms with van der Waals surface area (Å²) in [5.74, 6) is 0. The number of aliphatic imine (C=N–C) groups is 1. The Hall–Kier alpha value is -2.09. The minimum Gasteiger partial charge on any atom is -0.392 e. The van der Waals surface area contributed by atoms with E-state index in [1.165, 1.54) is 11.1 Å². The quantitative estimate of drug-likeness (QED) is 0.302. The third kappa shape index (κ3) is 10.6. The summed E-state index contributed by atoms with van der Waals surface area (Å²) < 4.78 is 0. The Kier molecular flexibility index (Phi) is 17.4. The topological polar surface area (TPSA) is 24.4 Å². The lowest BCUT2D eigenvalue weighted by molar-refractivity contribution is 0.570. The molecule has 0 spiro atoms. The van der Waals surface area contributed by atoms with E-state index in [4.69, 9.17) is 0 Å². The van der Waals surface area contributed by atoms with E-state index < -0.39 is 0 Å². The number of rotatable bonds is 11. The summed E-state index contributed by atoms with van der Waals surface area (Å²) in [6.45, 7) is 18.1. The molecule has 0 saturated heterocycles. The molecule has 2 nitrogen and oxygen atoms in total. The molecule has 0 saturated carbocycles. The van der Waals surface area contributed by atoms with E-state index in [1.807, 2.05) is 33.2 Å². The fraction of sp³-hybridized carbons (Fsp3) is 0.480. The summed E-state index contributed by atoms with van der Waals surface area (Å²) in [6.07, 6.45) is 21.2. The molecule has 27 heavy (non-hydrogen) atoms. The Morgan fingerprint density at radius 3 is 2.11 bits per heavy atom. The van der Waals surface area contributed by atoms with Crippen LogP contribution in [0.3, 0.4) is 0 Å². The van der Waals surface area contributed by atoms with Crippen LogP contribution in [0.5, 0.6) is 0 Å². The lowest BCUT2D eigenvalue weighted by Gasteiger charge is -2.33. The maximum Gasteiger partial charge on any atom is 0.0507 e. The van der Waals surface area contributed by atoms with E-state index >= 15 is 0 Å². The lowest BCUT2D eigenvalue weighted by Crippen LogP contribution is -2.27. The predicted octanol–water partition coefficient (Wildman–Crippen LogP) is 7.20. The highest BCUT2D eigenvalue weighted by Gasteiger charge is 2.32. The van der Waals surface area contributed by atoms with E-state index in [0.29, 0.717) is 0 Å². The lowest BCUT2D eigenvalue weighted by atomic mass is 9.70. The summed E-state index contributed by atoms with van der Waals surface area (Å²) in [6, 6.07) is 0. The largest absolute Gasteiger partial charge is 0.392 e. The molecule has 0 aliphatic heterocycles. The van der Waals surface area contributed by atoms with Gasteiger partial charge in [-0.3, -0.25) is 4.99 Å². The second-order valence-electron chi connectivity index (χ2n) is 6.29. The molecule has 0 fully saturated rings. The van der Waals surface area contributed by atoms with Crippen molar-refractivity contribution in [1.29, 1.82) is 0 Å². The molecule has 0 aromatic rings. The van der Waals surface area contributed by atoms with Gasteiger partial charge in [-0.1, -0.05) is 89.0 Å². The van der Waals surface area contributed by atoms with Gasteiger partial charge in [-0.2, -0.15) is 0 Å². The van der Waals surface area contributed by atoms with E-state index in [2.05, 4.69) is 87.8 Å². The van der Waals surface area contributed by atoms with Crippen LogP contribution in [0.4, 0.5) is 0 Å². The van der Waals surface area contributed by atoms with Gasteiger partial charge in [-0.05, 0) is 43.9 Å². The maximum absolute atomic E-state index is 4.40. The first-order valence-corrected chi connectivity index (χ1v) is 10.1. The molecule has 0 aliphatic rings. The fourth-order valence-electron chi connectivity index (χ4n) is 2.78. The van der Waals surface area contributed by atoms with Crippen molar-refractivity contribution < 1.29 is 0 Å². The SMILES string of the molecule is C=C(C)NC.C=C/C=C\C(=C/CC)C(C=NC)(CC)/C(=C/C=C\CC)CC. The predicted molar refractivity (Wildman–Crippen MR) is 127 cm³/mol. The smallest absolute Gasteiger partial charge is 0.0507 e. The van der Waals surface area contributed by atoms with Crippen molar-refractivity contribution in [3.8, 4) is 0 Å². The van der Waals surface area contributed by atoms with E-state index in [9.17, 15) is 0 Å². The van der Waals surface area contributed by atoms with Crippen LogP contribution in [0.25, 0.3) is 0 Å². The molecule has 0 bridgehead atoms. The van der Waals surface area contributed by atoms with E-state index in [1.54, 1.807) is 0 Å². The molecule has 2 heteroatoms. The molecule has 0 radical (unpaired) electrons. The number of nitrogens with zero attached hydrogens (tertiary/aromatic N) is 1. The van der Waals surface area contributed by atoms with Gasteiger partial charge in [-0.15, -0.1) is 0 Å². The Morgan fingerprint density at radius 1 is 1.11 bits per heavy atom. The third-order valence-electron chi connectivity index (χ3n) is 4.31. The zero-order valence-corrected chi connectivity index (χ0v) is 18.8. The minimum absolute atomic E-state index is 0.128. The third-order valence-corrected chi connectivity index (χ3v) is 4.31. The van der Waals surface area contributed by atoms with Crippen molar-refractivity contribution in [2.45, 2.75) is 60.3 Å². The van der Waals surface area contributed by atoms with Gasteiger partial charge in [0.2, 0.25) is 0 Å². The second kappa shape index (κ2) is 17.3.